The number of hydrogen-bond donors (Lipinski definition) is 0. The molecule has 2 heterocycles. The minimum atomic E-state index is 0.908. The average Bonchev–Trinajstić information content (AvgIpc) is 3.24. The van der Waals surface area contributed by atoms with Crippen molar-refractivity contribution in [3.63, 3.8) is 0 Å². The van der Waals surface area contributed by atoms with E-state index in [4.69, 9.17) is 4.74 Å². The fourth-order valence-corrected chi connectivity index (χ4v) is 3.36. The van der Waals surface area contributed by atoms with Crippen molar-refractivity contribution in [2.45, 2.75) is 13.0 Å². The molecule has 4 heteroatoms. The molecule has 0 bridgehead atoms. The zero-order valence-electron chi connectivity index (χ0n) is 15.0. The Bertz CT molecular complexity index is 865. The van der Waals surface area contributed by atoms with Gasteiger partial charge in [-0.25, -0.2) is 4.68 Å². The van der Waals surface area contributed by atoms with E-state index < -0.39 is 0 Å². The highest BCUT2D eigenvalue weighted by atomic mass is 16.5. The minimum absolute atomic E-state index is 0.908. The lowest BCUT2D eigenvalue weighted by molar-refractivity contribution is 0.294. The normalized spacial score (nSPS) is 14.9. The van der Waals surface area contributed by atoms with Gasteiger partial charge in [0.05, 0.1) is 12.8 Å². The molecule has 0 fully saturated rings. The molecular weight excluding hydrogens is 322 g/mol. The van der Waals surface area contributed by atoms with E-state index >= 15 is 0 Å². The molecule has 0 aliphatic carbocycles. The van der Waals surface area contributed by atoms with Gasteiger partial charge in [0.15, 0.2) is 0 Å². The van der Waals surface area contributed by atoms with E-state index in [-0.39, 0.29) is 0 Å². The molecule has 0 unspecified atom stereocenters. The third-order valence-corrected chi connectivity index (χ3v) is 4.87. The fraction of sp³-hybridized carbons (Fsp3) is 0.227. The summed E-state index contributed by atoms with van der Waals surface area (Å²) in [5, 5.41) is 4.27. The number of nitrogens with zero attached hydrogens (tertiary/aromatic N) is 3. The summed E-state index contributed by atoms with van der Waals surface area (Å²) < 4.78 is 7.12. The maximum absolute atomic E-state index is 5.24. The van der Waals surface area contributed by atoms with Gasteiger partial charge in [0.1, 0.15) is 5.75 Å². The highest BCUT2D eigenvalue weighted by Crippen LogP contribution is 2.25. The quantitative estimate of drug-likeness (QED) is 0.695. The summed E-state index contributed by atoms with van der Waals surface area (Å²) in [6.45, 7) is 3.05. The second-order valence-corrected chi connectivity index (χ2v) is 6.56. The molecule has 0 spiro atoms. The van der Waals surface area contributed by atoms with Crippen LogP contribution in [0.25, 0.3) is 11.3 Å². The Hall–Kier alpha value is -2.85. The third kappa shape index (κ3) is 3.70. The van der Waals surface area contributed by atoms with Crippen molar-refractivity contribution < 1.29 is 4.74 Å². The molecular formula is C22H23N3O. The minimum Gasteiger partial charge on any atom is -0.497 e. The van der Waals surface area contributed by atoms with Crippen LogP contribution in [0.4, 0.5) is 0 Å². The van der Waals surface area contributed by atoms with E-state index in [2.05, 4.69) is 52.5 Å². The van der Waals surface area contributed by atoms with Gasteiger partial charge in [0.2, 0.25) is 0 Å². The molecule has 0 N–H and O–H groups in total. The summed E-state index contributed by atoms with van der Waals surface area (Å²) in [5.74, 6) is 0.908. The van der Waals surface area contributed by atoms with Crippen LogP contribution in [0.1, 0.15) is 17.5 Å². The molecule has 0 amide bonds. The van der Waals surface area contributed by atoms with Gasteiger partial charge in [-0.05, 0) is 53.5 Å². The molecule has 2 aromatic carbocycles. The fourth-order valence-electron chi connectivity index (χ4n) is 3.36. The molecule has 3 aromatic rings. The lowest BCUT2D eigenvalue weighted by atomic mass is 9.99. The Balaban J connectivity index is 1.37. The summed E-state index contributed by atoms with van der Waals surface area (Å²) in [4.78, 5) is 2.48. The highest BCUT2D eigenvalue weighted by molar-refractivity contribution is 5.67. The van der Waals surface area contributed by atoms with Crippen molar-refractivity contribution in [1.82, 2.24) is 14.7 Å². The van der Waals surface area contributed by atoms with Crippen LogP contribution in [-0.2, 0) is 6.54 Å². The lowest BCUT2D eigenvalue weighted by Crippen LogP contribution is -2.28. The second kappa shape index (κ2) is 7.58. The zero-order chi connectivity index (χ0) is 17.8. The zero-order valence-corrected chi connectivity index (χ0v) is 15.0. The standard InChI is InChI=1S/C22H23N3O/c1-26-22-9-5-19(6-10-22)20-11-15-24(16-12-20)17-18-3-7-21(8-4-18)25-14-2-13-23-25/h2-11,13-14H,12,15-17H2,1H3. The van der Waals surface area contributed by atoms with Gasteiger partial charge >= 0.3 is 0 Å². The monoisotopic (exact) mass is 345 g/mol. The number of rotatable bonds is 5. The van der Waals surface area contributed by atoms with E-state index in [9.17, 15) is 0 Å². The van der Waals surface area contributed by atoms with Crippen LogP contribution in [0.15, 0.2) is 73.1 Å². The van der Waals surface area contributed by atoms with Gasteiger partial charge in [-0.1, -0.05) is 30.3 Å². The van der Waals surface area contributed by atoms with Crippen molar-refractivity contribution in [2.75, 3.05) is 20.2 Å². The Morgan fingerprint density at radius 2 is 1.85 bits per heavy atom. The van der Waals surface area contributed by atoms with Gasteiger partial charge in [0.25, 0.3) is 0 Å². The number of ether oxygens (including phenoxy) is 1. The largest absolute Gasteiger partial charge is 0.497 e. The molecule has 1 aromatic heterocycles. The van der Waals surface area contributed by atoms with Crippen LogP contribution < -0.4 is 4.74 Å². The Morgan fingerprint density at radius 3 is 2.46 bits per heavy atom. The Morgan fingerprint density at radius 1 is 1.04 bits per heavy atom. The lowest BCUT2D eigenvalue weighted by Gasteiger charge is -2.26. The molecule has 4 nitrogen and oxygen atoms in total. The summed E-state index contributed by atoms with van der Waals surface area (Å²) in [7, 11) is 1.70. The summed E-state index contributed by atoms with van der Waals surface area (Å²) >= 11 is 0. The van der Waals surface area contributed by atoms with Crippen molar-refractivity contribution in [1.29, 1.82) is 0 Å². The first kappa shape index (κ1) is 16.6. The summed E-state index contributed by atoms with van der Waals surface area (Å²) in [6, 6.07) is 18.9. The van der Waals surface area contributed by atoms with E-state index in [1.165, 1.54) is 16.7 Å². The second-order valence-electron chi connectivity index (χ2n) is 6.56. The van der Waals surface area contributed by atoms with Gasteiger partial charge in [0, 0.05) is 32.0 Å². The SMILES string of the molecule is COc1ccc(C2=CCN(Cc3ccc(-n4cccn4)cc3)CC2)cc1. The number of aromatic nitrogens is 2. The first-order valence-electron chi connectivity index (χ1n) is 8.96. The topological polar surface area (TPSA) is 30.3 Å². The smallest absolute Gasteiger partial charge is 0.118 e. The predicted octanol–water partition coefficient (Wildman–Crippen LogP) is 4.17. The molecule has 1 aliphatic rings. The molecule has 1 aliphatic heterocycles. The van der Waals surface area contributed by atoms with Crippen LogP contribution in [0.5, 0.6) is 5.75 Å². The van der Waals surface area contributed by atoms with E-state index in [0.717, 1.165) is 37.5 Å². The number of methoxy groups -OCH3 is 1. The number of hydrogen-bond acceptors (Lipinski definition) is 3. The highest BCUT2D eigenvalue weighted by Gasteiger charge is 2.13. The van der Waals surface area contributed by atoms with Gasteiger partial charge in [-0.3, -0.25) is 4.90 Å². The van der Waals surface area contributed by atoms with Crippen LogP contribution >= 0.6 is 0 Å². The maximum Gasteiger partial charge on any atom is 0.118 e. The molecule has 0 radical (unpaired) electrons. The Labute approximate surface area is 154 Å². The van der Waals surface area contributed by atoms with Gasteiger partial charge in [-0.2, -0.15) is 5.10 Å². The molecule has 0 saturated carbocycles. The van der Waals surface area contributed by atoms with Gasteiger partial charge < -0.3 is 4.74 Å². The van der Waals surface area contributed by atoms with Crippen molar-refractivity contribution in [3.05, 3.63) is 84.2 Å². The molecule has 4 rings (SSSR count). The maximum atomic E-state index is 5.24. The van der Waals surface area contributed by atoms with E-state index in [0.29, 0.717) is 0 Å². The van der Waals surface area contributed by atoms with Gasteiger partial charge in [-0.15, -0.1) is 0 Å². The Kier molecular flexibility index (Phi) is 4.84. The van der Waals surface area contributed by atoms with Crippen LogP contribution in [0.2, 0.25) is 0 Å². The third-order valence-electron chi connectivity index (χ3n) is 4.87. The molecule has 26 heavy (non-hydrogen) atoms. The molecule has 0 atom stereocenters. The molecule has 0 saturated heterocycles. The summed E-state index contributed by atoms with van der Waals surface area (Å²) in [6.07, 6.45) is 7.20. The summed E-state index contributed by atoms with van der Waals surface area (Å²) in [5.41, 5.74) is 5.16. The van der Waals surface area contributed by atoms with Crippen LogP contribution in [0, 0.1) is 0 Å². The number of benzene rings is 2. The van der Waals surface area contributed by atoms with E-state index in [1.54, 1.807) is 13.3 Å². The van der Waals surface area contributed by atoms with Crippen molar-refractivity contribution in [2.24, 2.45) is 0 Å². The average molecular weight is 345 g/mol. The van der Waals surface area contributed by atoms with Crippen molar-refractivity contribution >= 4 is 5.57 Å². The van der Waals surface area contributed by atoms with Crippen molar-refractivity contribution in [3.8, 4) is 11.4 Å². The van der Waals surface area contributed by atoms with Crippen LogP contribution in [-0.4, -0.2) is 34.9 Å². The van der Waals surface area contributed by atoms with Crippen LogP contribution in [0.3, 0.4) is 0 Å². The molecule has 132 valence electrons. The predicted molar refractivity (Wildman–Crippen MR) is 104 cm³/mol. The van der Waals surface area contributed by atoms with E-state index in [1.807, 2.05) is 29.1 Å². The first-order chi connectivity index (χ1) is 12.8. The first-order valence-corrected chi connectivity index (χ1v) is 8.96.